The van der Waals surface area contributed by atoms with E-state index < -0.39 is 0 Å². The van der Waals surface area contributed by atoms with E-state index in [1.807, 2.05) is 37.2 Å². The van der Waals surface area contributed by atoms with Gasteiger partial charge in [0.25, 0.3) is 0 Å². The zero-order valence-electron chi connectivity index (χ0n) is 9.48. The molecular weight excluding hydrogens is 222 g/mol. The van der Waals surface area contributed by atoms with Crippen molar-refractivity contribution in [3.05, 3.63) is 23.8 Å². The molecule has 16 heavy (non-hydrogen) atoms. The Labute approximate surface area is 98.2 Å². The molecule has 0 spiro atoms. The smallest absolute Gasteiger partial charge is 0.153 e. The van der Waals surface area contributed by atoms with Gasteiger partial charge in [0.2, 0.25) is 0 Å². The van der Waals surface area contributed by atoms with Crippen LogP contribution in [0.5, 0.6) is 5.75 Å². The molecule has 0 bridgehead atoms. The molecular formula is C12H13NO2S. The number of rotatable bonds is 3. The summed E-state index contributed by atoms with van der Waals surface area (Å²) in [5.41, 5.74) is 0.757. The lowest BCUT2D eigenvalue weighted by molar-refractivity contribution is 0.112. The number of hydrogen-bond acceptors (Lipinski definition) is 4. The molecule has 84 valence electrons. The van der Waals surface area contributed by atoms with Gasteiger partial charge in [-0.3, -0.25) is 4.79 Å². The Bertz CT molecular complexity index is 531. The molecule has 0 aliphatic heterocycles. The molecule has 0 amide bonds. The molecule has 0 saturated carbocycles. The van der Waals surface area contributed by atoms with Crippen LogP contribution in [0.3, 0.4) is 0 Å². The van der Waals surface area contributed by atoms with Crippen molar-refractivity contribution in [2.45, 2.75) is 0 Å². The van der Waals surface area contributed by atoms with E-state index in [2.05, 4.69) is 0 Å². The molecule has 0 saturated heterocycles. The van der Waals surface area contributed by atoms with Crippen molar-refractivity contribution >= 4 is 32.7 Å². The summed E-state index contributed by atoms with van der Waals surface area (Å²) in [6.07, 6.45) is 0.917. The molecule has 0 aliphatic carbocycles. The van der Waals surface area contributed by atoms with Gasteiger partial charge in [0, 0.05) is 24.2 Å². The molecule has 2 rings (SSSR count). The van der Waals surface area contributed by atoms with Gasteiger partial charge >= 0.3 is 0 Å². The zero-order valence-corrected chi connectivity index (χ0v) is 10.3. The van der Waals surface area contributed by atoms with E-state index in [0.29, 0.717) is 0 Å². The monoisotopic (exact) mass is 235 g/mol. The number of thiophene rings is 1. The number of nitrogens with zero attached hydrogens (tertiary/aromatic N) is 1. The number of benzene rings is 1. The molecule has 0 atom stereocenters. The average molecular weight is 235 g/mol. The average Bonchev–Trinajstić information content (AvgIpc) is 2.66. The van der Waals surface area contributed by atoms with E-state index in [0.717, 1.165) is 32.7 Å². The van der Waals surface area contributed by atoms with Crippen LogP contribution in [-0.2, 0) is 0 Å². The van der Waals surface area contributed by atoms with Crippen LogP contribution in [0.1, 0.15) is 10.4 Å². The van der Waals surface area contributed by atoms with Gasteiger partial charge in [-0.1, -0.05) is 0 Å². The second-order valence-electron chi connectivity index (χ2n) is 3.70. The van der Waals surface area contributed by atoms with Crippen molar-refractivity contribution in [1.82, 2.24) is 0 Å². The van der Waals surface area contributed by atoms with Gasteiger partial charge in [0.15, 0.2) is 6.29 Å². The Kier molecular flexibility index (Phi) is 2.83. The highest BCUT2D eigenvalue weighted by molar-refractivity contribution is 7.23. The third kappa shape index (κ3) is 1.65. The lowest BCUT2D eigenvalue weighted by Gasteiger charge is -2.09. The van der Waals surface area contributed by atoms with Crippen molar-refractivity contribution in [2.75, 3.05) is 26.1 Å². The van der Waals surface area contributed by atoms with Crippen LogP contribution in [0.4, 0.5) is 5.00 Å². The predicted molar refractivity (Wildman–Crippen MR) is 68.1 cm³/mol. The lowest BCUT2D eigenvalue weighted by Crippen LogP contribution is -2.08. The van der Waals surface area contributed by atoms with Gasteiger partial charge in [0.1, 0.15) is 10.8 Å². The fourth-order valence-electron chi connectivity index (χ4n) is 1.66. The van der Waals surface area contributed by atoms with E-state index in [1.165, 1.54) is 0 Å². The van der Waals surface area contributed by atoms with Gasteiger partial charge in [-0.2, -0.15) is 0 Å². The largest absolute Gasteiger partial charge is 0.497 e. The maximum absolute atomic E-state index is 11.1. The Morgan fingerprint density at radius 3 is 2.69 bits per heavy atom. The summed E-state index contributed by atoms with van der Waals surface area (Å²) in [6.45, 7) is 0. The second-order valence-corrected chi connectivity index (χ2v) is 4.73. The minimum atomic E-state index is 0.757. The molecule has 0 aliphatic rings. The summed E-state index contributed by atoms with van der Waals surface area (Å²) < 4.78 is 6.24. The summed E-state index contributed by atoms with van der Waals surface area (Å²) in [4.78, 5) is 13.1. The first-order valence-electron chi connectivity index (χ1n) is 4.90. The number of hydrogen-bond donors (Lipinski definition) is 0. The number of anilines is 1. The first kappa shape index (κ1) is 11.0. The van der Waals surface area contributed by atoms with Gasteiger partial charge in [-0.15, -0.1) is 11.3 Å². The molecule has 0 fully saturated rings. The minimum absolute atomic E-state index is 0.757. The van der Waals surface area contributed by atoms with Crippen LogP contribution in [0.15, 0.2) is 18.2 Å². The quantitative estimate of drug-likeness (QED) is 0.766. The Morgan fingerprint density at radius 2 is 2.12 bits per heavy atom. The van der Waals surface area contributed by atoms with Crippen LogP contribution in [0.2, 0.25) is 0 Å². The predicted octanol–water partition coefficient (Wildman–Crippen LogP) is 2.79. The van der Waals surface area contributed by atoms with E-state index in [4.69, 9.17) is 4.74 Å². The van der Waals surface area contributed by atoms with Gasteiger partial charge in [-0.25, -0.2) is 0 Å². The number of aldehydes is 1. The second kappa shape index (κ2) is 4.14. The number of methoxy groups -OCH3 is 1. The van der Waals surface area contributed by atoms with Gasteiger partial charge in [0.05, 0.1) is 12.7 Å². The Hall–Kier alpha value is -1.55. The third-order valence-electron chi connectivity index (χ3n) is 2.44. The van der Waals surface area contributed by atoms with Crippen molar-refractivity contribution in [2.24, 2.45) is 0 Å². The van der Waals surface area contributed by atoms with Gasteiger partial charge in [-0.05, 0) is 18.2 Å². The molecule has 4 heteroatoms. The Morgan fingerprint density at radius 1 is 1.38 bits per heavy atom. The zero-order chi connectivity index (χ0) is 11.7. The summed E-state index contributed by atoms with van der Waals surface area (Å²) in [5, 5.41) is 1.97. The fourth-order valence-corrected chi connectivity index (χ4v) is 2.78. The highest BCUT2D eigenvalue weighted by Crippen LogP contribution is 2.37. The number of carbonyl (C=O) groups excluding carboxylic acids is 1. The van der Waals surface area contributed by atoms with E-state index in [-0.39, 0.29) is 0 Å². The number of ether oxygens (including phenoxy) is 1. The fraction of sp³-hybridized carbons (Fsp3) is 0.250. The van der Waals surface area contributed by atoms with Gasteiger partial charge < -0.3 is 9.64 Å². The Balaban J connectivity index is 2.71. The highest BCUT2D eigenvalue weighted by atomic mass is 32.1. The number of fused-ring (bicyclic) bond motifs is 1. The summed E-state index contributed by atoms with van der Waals surface area (Å²) in [6, 6.07) is 5.77. The molecule has 0 unspecified atom stereocenters. The van der Waals surface area contributed by atoms with Crippen molar-refractivity contribution in [1.29, 1.82) is 0 Å². The normalized spacial score (nSPS) is 10.4. The SMILES string of the molecule is COc1ccc2c(C=O)c(N(C)C)sc2c1. The maximum atomic E-state index is 11.1. The third-order valence-corrected chi connectivity index (χ3v) is 3.78. The molecule has 0 N–H and O–H groups in total. The summed E-state index contributed by atoms with van der Waals surface area (Å²) >= 11 is 1.60. The van der Waals surface area contributed by atoms with Crippen LogP contribution < -0.4 is 9.64 Å². The van der Waals surface area contributed by atoms with E-state index in [1.54, 1.807) is 18.4 Å². The van der Waals surface area contributed by atoms with Crippen LogP contribution in [0, 0.1) is 0 Å². The van der Waals surface area contributed by atoms with Crippen molar-refractivity contribution < 1.29 is 9.53 Å². The topological polar surface area (TPSA) is 29.5 Å². The maximum Gasteiger partial charge on any atom is 0.153 e. The first-order valence-corrected chi connectivity index (χ1v) is 5.72. The van der Waals surface area contributed by atoms with Crippen LogP contribution in [-0.4, -0.2) is 27.5 Å². The standard InChI is InChI=1S/C12H13NO2S/c1-13(2)12-10(7-14)9-5-4-8(15-3)6-11(9)16-12/h4-7H,1-3H3. The highest BCUT2D eigenvalue weighted by Gasteiger charge is 2.13. The van der Waals surface area contributed by atoms with E-state index in [9.17, 15) is 4.79 Å². The van der Waals surface area contributed by atoms with Crippen LogP contribution in [0.25, 0.3) is 10.1 Å². The first-order chi connectivity index (χ1) is 7.67. The number of carbonyl (C=O) groups is 1. The molecule has 3 nitrogen and oxygen atoms in total. The van der Waals surface area contributed by atoms with E-state index >= 15 is 0 Å². The van der Waals surface area contributed by atoms with Crippen LogP contribution >= 0.6 is 11.3 Å². The molecule has 1 heterocycles. The molecule has 2 aromatic rings. The summed E-state index contributed by atoms with van der Waals surface area (Å²) in [5.74, 6) is 0.816. The summed E-state index contributed by atoms with van der Waals surface area (Å²) in [7, 11) is 5.52. The van der Waals surface area contributed by atoms with Crippen molar-refractivity contribution in [3.63, 3.8) is 0 Å². The minimum Gasteiger partial charge on any atom is -0.497 e. The lowest BCUT2D eigenvalue weighted by atomic mass is 10.2. The van der Waals surface area contributed by atoms with Crippen molar-refractivity contribution in [3.8, 4) is 5.75 Å². The molecule has 1 aromatic heterocycles. The molecule has 0 radical (unpaired) electrons. The molecule has 1 aromatic carbocycles.